The Bertz CT molecular complexity index is 456. The summed E-state index contributed by atoms with van der Waals surface area (Å²) >= 11 is 3.30. The lowest BCUT2D eigenvalue weighted by molar-refractivity contribution is 0.0718. The van der Waals surface area contributed by atoms with Crippen molar-refractivity contribution in [3.8, 4) is 0 Å². The van der Waals surface area contributed by atoms with Crippen LogP contribution < -0.4 is 11.1 Å². The van der Waals surface area contributed by atoms with Gasteiger partial charge in [-0.05, 0) is 31.0 Å². The second-order valence-electron chi connectivity index (χ2n) is 4.66. The summed E-state index contributed by atoms with van der Waals surface area (Å²) in [6.07, 6.45) is 3.19. The number of hydrogen-bond donors (Lipinski definition) is 3. The first kappa shape index (κ1) is 16.3. The number of hydrogen-bond acceptors (Lipinski definition) is 3. The van der Waals surface area contributed by atoms with Gasteiger partial charge in [0.1, 0.15) is 0 Å². The number of nitrogen functional groups attached to an aromatic ring is 1. The maximum absolute atomic E-state index is 12.1. The van der Waals surface area contributed by atoms with Gasteiger partial charge in [-0.2, -0.15) is 0 Å². The van der Waals surface area contributed by atoms with E-state index in [1.807, 2.05) is 0 Å². The molecule has 1 fully saturated rings. The van der Waals surface area contributed by atoms with Gasteiger partial charge in [0.2, 0.25) is 0 Å². The van der Waals surface area contributed by atoms with E-state index in [-0.39, 0.29) is 24.4 Å². The third-order valence-corrected chi connectivity index (χ3v) is 3.80. The van der Waals surface area contributed by atoms with Gasteiger partial charge >= 0.3 is 0 Å². The summed E-state index contributed by atoms with van der Waals surface area (Å²) in [5.74, 6) is -0.217. The molecule has 2 atom stereocenters. The van der Waals surface area contributed by atoms with Gasteiger partial charge < -0.3 is 16.2 Å². The Morgan fingerprint density at radius 3 is 2.68 bits per heavy atom. The van der Waals surface area contributed by atoms with Gasteiger partial charge in [-0.3, -0.25) is 4.79 Å². The van der Waals surface area contributed by atoms with Crippen molar-refractivity contribution in [2.24, 2.45) is 0 Å². The Hall–Kier alpha value is -0.780. The highest BCUT2D eigenvalue weighted by atomic mass is 79.9. The monoisotopic (exact) mass is 348 g/mol. The van der Waals surface area contributed by atoms with Gasteiger partial charge in [0, 0.05) is 10.2 Å². The van der Waals surface area contributed by atoms with Crippen molar-refractivity contribution in [3.63, 3.8) is 0 Å². The number of nitrogens with one attached hydrogen (secondary N) is 1. The number of amides is 1. The molecule has 0 spiro atoms. The number of carbonyl (C=O) groups is 1. The minimum Gasteiger partial charge on any atom is -0.398 e. The number of aliphatic hydroxyl groups excluding tert-OH is 1. The number of carbonyl (C=O) groups excluding carboxylic acids is 1. The second kappa shape index (κ2) is 7.12. The van der Waals surface area contributed by atoms with Crippen LogP contribution in [0, 0.1) is 0 Å². The normalized spacial score (nSPS) is 22.4. The van der Waals surface area contributed by atoms with Crippen LogP contribution in [0.3, 0.4) is 0 Å². The fourth-order valence-electron chi connectivity index (χ4n) is 2.27. The number of rotatable bonds is 2. The van der Waals surface area contributed by atoms with Gasteiger partial charge in [0.05, 0.1) is 17.7 Å². The van der Waals surface area contributed by atoms with Gasteiger partial charge in [0.15, 0.2) is 0 Å². The average Bonchev–Trinajstić information content (AvgIpc) is 2.32. The number of aliphatic hydroxyl groups is 1. The zero-order valence-electron chi connectivity index (χ0n) is 10.4. The molecular formula is C13H18BrClN2O2. The molecule has 1 amide bonds. The van der Waals surface area contributed by atoms with E-state index in [0.29, 0.717) is 11.3 Å². The first-order valence-corrected chi connectivity index (χ1v) is 6.91. The van der Waals surface area contributed by atoms with Crippen LogP contribution in [0.5, 0.6) is 0 Å². The highest BCUT2D eigenvalue weighted by Crippen LogP contribution is 2.21. The smallest absolute Gasteiger partial charge is 0.253 e. The molecule has 0 bridgehead atoms. The molecule has 1 aromatic carbocycles. The number of benzene rings is 1. The zero-order chi connectivity index (χ0) is 13.1. The van der Waals surface area contributed by atoms with Gasteiger partial charge in [-0.1, -0.05) is 28.8 Å². The molecule has 1 aliphatic rings. The van der Waals surface area contributed by atoms with Crippen molar-refractivity contribution in [3.05, 3.63) is 28.2 Å². The molecule has 0 heterocycles. The summed E-state index contributed by atoms with van der Waals surface area (Å²) < 4.78 is 0.842. The fraction of sp³-hybridized carbons (Fsp3) is 0.462. The summed E-state index contributed by atoms with van der Waals surface area (Å²) in [5, 5.41) is 12.7. The lowest BCUT2D eigenvalue weighted by atomic mass is 9.92. The van der Waals surface area contributed by atoms with Crippen LogP contribution in [-0.4, -0.2) is 23.2 Å². The third kappa shape index (κ3) is 4.09. The van der Waals surface area contributed by atoms with E-state index in [4.69, 9.17) is 5.73 Å². The first-order valence-electron chi connectivity index (χ1n) is 6.12. The van der Waals surface area contributed by atoms with Crippen molar-refractivity contribution in [2.75, 3.05) is 5.73 Å². The predicted octanol–water partition coefficient (Wildman–Crippen LogP) is 2.49. The van der Waals surface area contributed by atoms with Crippen molar-refractivity contribution in [2.45, 2.75) is 37.8 Å². The molecule has 6 heteroatoms. The van der Waals surface area contributed by atoms with Crippen molar-refractivity contribution in [1.82, 2.24) is 5.32 Å². The lowest BCUT2D eigenvalue weighted by Crippen LogP contribution is -2.45. The highest BCUT2D eigenvalue weighted by molar-refractivity contribution is 9.10. The first-order chi connectivity index (χ1) is 8.58. The zero-order valence-corrected chi connectivity index (χ0v) is 12.8. The van der Waals surface area contributed by atoms with Crippen LogP contribution in [0.25, 0.3) is 0 Å². The molecule has 4 N–H and O–H groups in total. The number of halogens is 2. The number of anilines is 1. The van der Waals surface area contributed by atoms with Crippen LogP contribution in [0.15, 0.2) is 22.7 Å². The maximum Gasteiger partial charge on any atom is 0.253 e. The summed E-state index contributed by atoms with van der Waals surface area (Å²) in [4.78, 5) is 12.1. The third-order valence-electron chi connectivity index (χ3n) is 3.30. The van der Waals surface area contributed by atoms with Crippen molar-refractivity contribution < 1.29 is 9.90 Å². The topological polar surface area (TPSA) is 75.4 Å². The van der Waals surface area contributed by atoms with E-state index < -0.39 is 6.10 Å². The Morgan fingerprint density at radius 1 is 1.37 bits per heavy atom. The largest absolute Gasteiger partial charge is 0.398 e. The minimum absolute atomic E-state index is 0. The molecule has 0 aliphatic heterocycles. The summed E-state index contributed by atoms with van der Waals surface area (Å²) in [6.45, 7) is 0. The quantitative estimate of drug-likeness (QED) is 0.718. The van der Waals surface area contributed by atoms with Crippen molar-refractivity contribution >= 4 is 39.9 Å². The van der Waals surface area contributed by atoms with E-state index in [2.05, 4.69) is 21.2 Å². The average molecular weight is 350 g/mol. The van der Waals surface area contributed by atoms with E-state index in [0.717, 1.165) is 30.2 Å². The molecule has 0 saturated heterocycles. The van der Waals surface area contributed by atoms with Crippen LogP contribution in [0.4, 0.5) is 5.69 Å². The molecule has 1 saturated carbocycles. The SMILES string of the molecule is Cl.Nc1cc(Br)ccc1C(=O)N[C@@H]1CCCC[C@H]1O. The van der Waals surface area contributed by atoms with Crippen LogP contribution in [0.2, 0.25) is 0 Å². The summed E-state index contributed by atoms with van der Waals surface area (Å²) in [7, 11) is 0. The second-order valence-corrected chi connectivity index (χ2v) is 5.58. The highest BCUT2D eigenvalue weighted by Gasteiger charge is 2.25. The lowest BCUT2D eigenvalue weighted by Gasteiger charge is -2.28. The molecule has 0 unspecified atom stereocenters. The van der Waals surface area contributed by atoms with Crippen LogP contribution >= 0.6 is 28.3 Å². The molecule has 1 aromatic rings. The van der Waals surface area contributed by atoms with Gasteiger partial charge in [0.25, 0.3) is 5.91 Å². The molecule has 2 rings (SSSR count). The van der Waals surface area contributed by atoms with E-state index in [9.17, 15) is 9.90 Å². The molecule has 19 heavy (non-hydrogen) atoms. The Morgan fingerprint density at radius 2 is 2.05 bits per heavy atom. The fourth-order valence-corrected chi connectivity index (χ4v) is 2.64. The van der Waals surface area contributed by atoms with E-state index >= 15 is 0 Å². The van der Waals surface area contributed by atoms with Crippen molar-refractivity contribution in [1.29, 1.82) is 0 Å². The molecule has 106 valence electrons. The Balaban J connectivity index is 0.00000180. The van der Waals surface area contributed by atoms with Gasteiger partial charge in [-0.25, -0.2) is 0 Å². The van der Waals surface area contributed by atoms with E-state index in [1.54, 1.807) is 18.2 Å². The van der Waals surface area contributed by atoms with Gasteiger partial charge in [-0.15, -0.1) is 12.4 Å². The molecular weight excluding hydrogens is 332 g/mol. The van der Waals surface area contributed by atoms with Crippen LogP contribution in [0.1, 0.15) is 36.0 Å². The molecule has 1 aliphatic carbocycles. The molecule has 4 nitrogen and oxygen atoms in total. The molecule has 0 aromatic heterocycles. The number of nitrogens with two attached hydrogens (primary N) is 1. The summed E-state index contributed by atoms with van der Waals surface area (Å²) in [5.41, 5.74) is 6.70. The maximum atomic E-state index is 12.1. The summed E-state index contributed by atoms with van der Waals surface area (Å²) in [6, 6.07) is 5.01. The molecule has 0 radical (unpaired) electrons. The predicted molar refractivity (Wildman–Crippen MR) is 81.5 cm³/mol. The van der Waals surface area contributed by atoms with Crippen LogP contribution in [-0.2, 0) is 0 Å². The van der Waals surface area contributed by atoms with E-state index in [1.165, 1.54) is 0 Å². The Labute approximate surface area is 127 Å². The minimum atomic E-state index is -0.445. The standard InChI is InChI=1S/C13H17BrN2O2.ClH/c14-8-5-6-9(10(15)7-8)13(18)16-11-3-1-2-4-12(11)17;/h5-7,11-12,17H,1-4,15H2,(H,16,18);1H/t11-,12-;/m1./s1. The Kier molecular flexibility index (Phi) is 6.10.